The van der Waals surface area contributed by atoms with Gasteiger partial charge in [-0.05, 0) is 44.2 Å². The SMILES string of the molecule is Cc1cc(C)cc(C2(C(=O)N3C[C@H](c4ccccc4)[C@H]4COCC[C@H]43)CCOCC2)c1. The summed E-state index contributed by atoms with van der Waals surface area (Å²) in [6.45, 7) is 7.82. The first kappa shape index (κ1) is 20.7. The summed E-state index contributed by atoms with van der Waals surface area (Å²) in [6, 6.07) is 17.6. The molecule has 5 rings (SSSR count). The van der Waals surface area contributed by atoms with E-state index in [4.69, 9.17) is 9.47 Å². The van der Waals surface area contributed by atoms with Gasteiger partial charge in [0.1, 0.15) is 0 Å². The number of benzene rings is 2. The monoisotopic (exact) mass is 419 g/mol. The minimum Gasteiger partial charge on any atom is -0.381 e. The smallest absolute Gasteiger partial charge is 0.233 e. The van der Waals surface area contributed by atoms with Crippen molar-refractivity contribution in [1.29, 1.82) is 0 Å². The molecule has 164 valence electrons. The van der Waals surface area contributed by atoms with Gasteiger partial charge in [0, 0.05) is 44.2 Å². The Hall–Kier alpha value is -2.17. The summed E-state index contributed by atoms with van der Waals surface area (Å²) in [5.41, 5.74) is 4.46. The average Bonchev–Trinajstić information content (AvgIpc) is 3.19. The zero-order valence-electron chi connectivity index (χ0n) is 18.7. The van der Waals surface area contributed by atoms with Gasteiger partial charge in [-0.3, -0.25) is 4.79 Å². The van der Waals surface area contributed by atoms with Gasteiger partial charge in [0.25, 0.3) is 0 Å². The van der Waals surface area contributed by atoms with Crippen molar-refractivity contribution in [2.24, 2.45) is 5.92 Å². The summed E-state index contributed by atoms with van der Waals surface area (Å²) in [5, 5.41) is 0. The van der Waals surface area contributed by atoms with Crippen LogP contribution in [0, 0.1) is 19.8 Å². The maximum absolute atomic E-state index is 14.4. The quantitative estimate of drug-likeness (QED) is 0.741. The summed E-state index contributed by atoms with van der Waals surface area (Å²) in [4.78, 5) is 16.6. The van der Waals surface area contributed by atoms with Gasteiger partial charge in [-0.1, -0.05) is 59.7 Å². The first-order chi connectivity index (χ1) is 15.1. The molecule has 0 saturated carbocycles. The maximum Gasteiger partial charge on any atom is 0.233 e. The molecule has 3 fully saturated rings. The Bertz CT molecular complexity index is 915. The van der Waals surface area contributed by atoms with Crippen LogP contribution in [0.1, 0.15) is 47.4 Å². The van der Waals surface area contributed by atoms with Crippen molar-refractivity contribution in [3.63, 3.8) is 0 Å². The number of ether oxygens (including phenoxy) is 2. The van der Waals surface area contributed by atoms with Crippen LogP contribution in [0.15, 0.2) is 48.5 Å². The van der Waals surface area contributed by atoms with E-state index in [1.807, 2.05) is 0 Å². The molecule has 0 aliphatic carbocycles. The van der Waals surface area contributed by atoms with Crippen molar-refractivity contribution in [2.75, 3.05) is 33.0 Å². The number of fused-ring (bicyclic) bond motifs is 1. The topological polar surface area (TPSA) is 38.8 Å². The van der Waals surface area contributed by atoms with Crippen LogP contribution < -0.4 is 0 Å². The number of nitrogens with zero attached hydrogens (tertiary/aromatic N) is 1. The Kier molecular flexibility index (Phi) is 5.61. The van der Waals surface area contributed by atoms with E-state index < -0.39 is 5.41 Å². The van der Waals surface area contributed by atoms with Crippen molar-refractivity contribution in [3.05, 3.63) is 70.8 Å². The van der Waals surface area contributed by atoms with E-state index in [2.05, 4.69) is 67.3 Å². The minimum absolute atomic E-state index is 0.261. The average molecular weight is 420 g/mol. The number of aryl methyl sites for hydroxylation is 2. The van der Waals surface area contributed by atoms with Crippen molar-refractivity contribution < 1.29 is 14.3 Å². The lowest BCUT2D eigenvalue weighted by Crippen LogP contribution is -2.53. The molecule has 4 heteroatoms. The summed E-state index contributed by atoms with van der Waals surface area (Å²) < 4.78 is 11.6. The second-order valence-electron chi connectivity index (χ2n) is 9.64. The lowest BCUT2D eigenvalue weighted by molar-refractivity contribution is -0.144. The highest BCUT2D eigenvalue weighted by Gasteiger charge is 2.52. The van der Waals surface area contributed by atoms with E-state index in [0.717, 1.165) is 39.0 Å². The largest absolute Gasteiger partial charge is 0.381 e. The van der Waals surface area contributed by atoms with Crippen LogP contribution in [0.4, 0.5) is 0 Å². The van der Waals surface area contributed by atoms with Crippen LogP contribution in [0.3, 0.4) is 0 Å². The minimum atomic E-state index is -0.483. The molecule has 2 aromatic carbocycles. The molecule has 3 saturated heterocycles. The molecular formula is C27H33NO3. The van der Waals surface area contributed by atoms with Gasteiger partial charge in [-0.25, -0.2) is 0 Å². The molecule has 3 aliphatic heterocycles. The molecule has 0 unspecified atom stereocenters. The summed E-state index contributed by atoms with van der Waals surface area (Å²) >= 11 is 0. The standard InChI is InChI=1S/C27H33NO3/c1-19-14-20(2)16-22(15-19)27(9-12-30-13-10-27)26(29)28-17-23(21-6-4-3-5-7-21)24-18-31-11-8-25(24)28/h3-7,14-16,23-25H,8-13,17-18H2,1-2H3/t23-,24-,25-/m1/s1. The number of amides is 1. The molecule has 4 nitrogen and oxygen atoms in total. The third-order valence-electron chi connectivity index (χ3n) is 7.69. The molecule has 3 atom stereocenters. The molecule has 0 bridgehead atoms. The van der Waals surface area contributed by atoms with Crippen LogP contribution in [-0.4, -0.2) is 49.8 Å². The van der Waals surface area contributed by atoms with E-state index >= 15 is 0 Å². The molecular weight excluding hydrogens is 386 g/mol. The van der Waals surface area contributed by atoms with Crippen LogP contribution in [0.2, 0.25) is 0 Å². The Morgan fingerprint density at radius 3 is 2.39 bits per heavy atom. The number of likely N-dealkylation sites (tertiary alicyclic amines) is 1. The van der Waals surface area contributed by atoms with Gasteiger partial charge in [-0.2, -0.15) is 0 Å². The Balaban J connectivity index is 1.53. The summed E-state index contributed by atoms with van der Waals surface area (Å²) in [6.07, 6.45) is 2.45. The van der Waals surface area contributed by atoms with E-state index in [9.17, 15) is 4.79 Å². The van der Waals surface area contributed by atoms with E-state index in [1.165, 1.54) is 22.3 Å². The predicted molar refractivity (Wildman–Crippen MR) is 121 cm³/mol. The van der Waals surface area contributed by atoms with Crippen molar-refractivity contribution in [3.8, 4) is 0 Å². The number of rotatable bonds is 3. The Labute approximate surface area is 185 Å². The van der Waals surface area contributed by atoms with E-state index in [-0.39, 0.29) is 6.04 Å². The molecule has 3 heterocycles. The first-order valence-electron chi connectivity index (χ1n) is 11.7. The zero-order valence-corrected chi connectivity index (χ0v) is 18.7. The third kappa shape index (κ3) is 3.70. The van der Waals surface area contributed by atoms with Crippen LogP contribution in [0.5, 0.6) is 0 Å². The number of hydrogen-bond acceptors (Lipinski definition) is 3. The normalized spacial score (nSPS) is 27.7. The Morgan fingerprint density at radius 1 is 0.968 bits per heavy atom. The summed E-state index contributed by atoms with van der Waals surface area (Å²) in [5.74, 6) is 1.01. The lowest BCUT2D eigenvalue weighted by Gasteiger charge is -2.42. The zero-order chi connectivity index (χ0) is 21.4. The Morgan fingerprint density at radius 2 is 1.68 bits per heavy atom. The second kappa shape index (κ2) is 8.40. The van der Waals surface area contributed by atoms with Crippen LogP contribution in [-0.2, 0) is 19.7 Å². The first-order valence-corrected chi connectivity index (χ1v) is 11.7. The van der Waals surface area contributed by atoms with Gasteiger partial charge in [-0.15, -0.1) is 0 Å². The van der Waals surface area contributed by atoms with Gasteiger partial charge in [0.05, 0.1) is 12.0 Å². The highest BCUT2D eigenvalue weighted by Crippen LogP contribution is 2.45. The van der Waals surface area contributed by atoms with Gasteiger partial charge in [0.2, 0.25) is 5.91 Å². The number of hydrogen-bond donors (Lipinski definition) is 0. The highest BCUT2D eigenvalue weighted by molar-refractivity contribution is 5.89. The van der Waals surface area contributed by atoms with E-state index in [0.29, 0.717) is 31.0 Å². The van der Waals surface area contributed by atoms with Gasteiger partial charge >= 0.3 is 0 Å². The fourth-order valence-electron chi connectivity index (χ4n) is 6.16. The number of carbonyl (C=O) groups is 1. The maximum atomic E-state index is 14.4. The number of carbonyl (C=O) groups excluding carboxylic acids is 1. The fourth-order valence-corrected chi connectivity index (χ4v) is 6.16. The van der Waals surface area contributed by atoms with Gasteiger partial charge < -0.3 is 14.4 Å². The fraction of sp³-hybridized carbons (Fsp3) is 0.519. The molecule has 3 aliphatic rings. The highest BCUT2D eigenvalue weighted by atomic mass is 16.5. The van der Waals surface area contributed by atoms with Crippen molar-refractivity contribution in [2.45, 2.75) is 50.5 Å². The third-order valence-corrected chi connectivity index (χ3v) is 7.69. The van der Waals surface area contributed by atoms with Crippen LogP contribution >= 0.6 is 0 Å². The predicted octanol–water partition coefficient (Wildman–Crippen LogP) is 4.38. The molecule has 1 amide bonds. The van der Waals surface area contributed by atoms with Crippen molar-refractivity contribution in [1.82, 2.24) is 4.90 Å². The molecule has 0 N–H and O–H groups in total. The summed E-state index contributed by atoms with van der Waals surface area (Å²) in [7, 11) is 0. The molecule has 2 aromatic rings. The molecule has 0 spiro atoms. The van der Waals surface area contributed by atoms with Gasteiger partial charge in [0.15, 0.2) is 0 Å². The van der Waals surface area contributed by atoms with Crippen LogP contribution in [0.25, 0.3) is 0 Å². The van der Waals surface area contributed by atoms with E-state index in [1.54, 1.807) is 0 Å². The second-order valence-corrected chi connectivity index (χ2v) is 9.64. The van der Waals surface area contributed by atoms with Crippen molar-refractivity contribution >= 4 is 5.91 Å². The lowest BCUT2D eigenvalue weighted by atomic mass is 9.72. The molecule has 0 aromatic heterocycles. The molecule has 31 heavy (non-hydrogen) atoms. The molecule has 0 radical (unpaired) electrons.